The Hall–Kier alpha value is -2.97. The lowest BCUT2D eigenvalue weighted by Crippen LogP contribution is -2.50. The Morgan fingerprint density at radius 2 is 2.09 bits per heavy atom. The Morgan fingerprint density at radius 3 is 2.75 bits per heavy atom. The van der Waals surface area contributed by atoms with E-state index in [2.05, 4.69) is 29.6 Å². The molecular formula is C23H35N5O4. The molecule has 0 bridgehead atoms. The second kappa shape index (κ2) is 12.2. The lowest BCUT2D eigenvalue weighted by atomic mass is 10.1. The minimum Gasteiger partial charge on any atom is -0.469 e. The lowest BCUT2D eigenvalue weighted by molar-refractivity contribution is 0.0963. The van der Waals surface area contributed by atoms with Crippen molar-refractivity contribution in [3.05, 3.63) is 41.2 Å². The number of carbonyl (C=O) groups excluding carboxylic acids is 1. The van der Waals surface area contributed by atoms with Gasteiger partial charge in [-0.05, 0) is 38.3 Å². The maximum Gasteiger partial charge on any atom is 0.409 e. The molecule has 32 heavy (non-hydrogen) atoms. The van der Waals surface area contributed by atoms with Gasteiger partial charge in [0.2, 0.25) is 0 Å². The van der Waals surface area contributed by atoms with Crippen LogP contribution in [0.3, 0.4) is 0 Å². The number of ether oxygens (including phenoxy) is 1. The zero-order valence-corrected chi connectivity index (χ0v) is 19.4. The Morgan fingerprint density at radius 1 is 1.28 bits per heavy atom. The molecule has 176 valence electrons. The first-order chi connectivity index (χ1) is 15.6. The Bertz CT molecular complexity index is 832. The fraction of sp³-hybridized carbons (Fsp3) is 0.609. The molecule has 2 N–H and O–H groups in total. The summed E-state index contributed by atoms with van der Waals surface area (Å²) in [4.78, 5) is 18.6. The molecule has 2 aromatic heterocycles. The summed E-state index contributed by atoms with van der Waals surface area (Å²) in [5.41, 5.74) is 2.03. The van der Waals surface area contributed by atoms with E-state index in [-0.39, 0.29) is 12.1 Å². The van der Waals surface area contributed by atoms with Crippen LogP contribution >= 0.6 is 0 Å². The maximum absolute atomic E-state index is 12.0. The van der Waals surface area contributed by atoms with Crippen molar-refractivity contribution in [1.82, 2.24) is 20.7 Å². The number of amides is 1. The van der Waals surface area contributed by atoms with E-state index in [1.807, 2.05) is 19.1 Å². The number of furan rings is 1. The SMILES string of the molecule is CCOC(=O)N1CCC(NC(=NCc2c(CC)noc2CC)NCCc2ccco2)CC1. The molecule has 0 radical (unpaired) electrons. The highest BCUT2D eigenvalue weighted by Crippen LogP contribution is 2.17. The van der Waals surface area contributed by atoms with Crippen LogP contribution in [0.1, 0.15) is 56.4 Å². The number of likely N-dealkylation sites (tertiary alicyclic amines) is 1. The van der Waals surface area contributed by atoms with Crippen molar-refractivity contribution < 1.29 is 18.5 Å². The van der Waals surface area contributed by atoms with Gasteiger partial charge in [-0.15, -0.1) is 0 Å². The average molecular weight is 446 g/mol. The quantitative estimate of drug-likeness (QED) is 0.451. The van der Waals surface area contributed by atoms with E-state index < -0.39 is 0 Å². The first-order valence-electron chi connectivity index (χ1n) is 11.6. The van der Waals surface area contributed by atoms with Gasteiger partial charge in [0.05, 0.1) is 25.1 Å². The second-order valence-electron chi connectivity index (χ2n) is 7.76. The van der Waals surface area contributed by atoms with Gasteiger partial charge in [0, 0.05) is 44.1 Å². The van der Waals surface area contributed by atoms with E-state index in [0.29, 0.717) is 32.8 Å². The van der Waals surface area contributed by atoms with Crippen molar-refractivity contribution in [2.75, 3.05) is 26.2 Å². The molecule has 0 spiro atoms. The summed E-state index contributed by atoms with van der Waals surface area (Å²) in [5.74, 6) is 2.57. The van der Waals surface area contributed by atoms with Gasteiger partial charge in [0.25, 0.3) is 0 Å². The standard InChI is InChI=1S/C23H35N5O4/c1-4-20-19(21(5-2)32-27-20)16-25-22(24-12-9-18-8-7-15-31-18)26-17-10-13-28(14-11-17)23(29)30-6-3/h7-8,15,17H,4-6,9-14,16H2,1-3H3,(H2,24,25,26). The third-order valence-electron chi connectivity index (χ3n) is 5.61. The van der Waals surface area contributed by atoms with Crippen LogP contribution in [0.15, 0.2) is 32.3 Å². The van der Waals surface area contributed by atoms with Crippen molar-refractivity contribution in [3.8, 4) is 0 Å². The van der Waals surface area contributed by atoms with Crippen molar-refractivity contribution in [3.63, 3.8) is 0 Å². The molecule has 0 atom stereocenters. The number of aryl methyl sites for hydroxylation is 2. The number of carbonyl (C=O) groups is 1. The molecule has 1 saturated heterocycles. The summed E-state index contributed by atoms with van der Waals surface area (Å²) in [6.45, 7) is 8.90. The highest BCUT2D eigenvalue weighted by Gasteiger charge is 2.24. The summed E-state index contributed by atoms with van der Waals surface area (Å²) < 4.78 is 16.0. The highest BCUT2D eigenvalue weighted by atomic mass is 16.6. The normalized spacial score (nSPS) is 15.1. The minimum atomic E-state index is -0.233. The number of nitrogens with one attached hydrogen (secondary N) is 2. The molecule has 9 heteroatoms. The Kier molecular flexibility index (Phi) is 9.01. The highest BCUT2D eigenvalue weighted by molar-refractivity contribution is 5.80. The van der Waals surface area contributed by atoms with Crippen molar-refractivity contribution >= 4 is 12.1 Å². The number of guanidine groups is 1. The molecule has 0 aliphatic carbocycles. The van der Waals surface area contributed by atoms with Gasteiger partial charge in [-0.3, -0.25) is 0 Å². The molecule has 0 saturated carbocycles. The van der Waals surface area contributed by atoms with E-state index in [0.717, 1.165) is 60.8 Å². The van der Waals surface area contributed by atoms with Crippen LogP contribution < -0.4 is 10.6 Å². The number of piperidine rings is 1. The van der Waals surface area contributed by atoms with Gasteiger partial charge in [0.15, 0.2) is 5.96 Å². The Balaban J connectivity index is 1.62. The molecule has 1 aliphatic heterocycles. The number of nitrogens with zero attached hydrogens (tertiary/aromatic N) is 3. The zero-order valence-electron chi connectivity index (χ0n) is 19.4. The van der Waals surface area contributed by atoms with Crippen LogP contribution in [0.5, 0.6) is 0 Å². The first-order valence-corrected chi connectivity index (χ1v) is 11.6. The molecule has 0 aromatic carbocycles. The average Bonchev–Trinajstić information content (AvgIpc) is 3.47. The fourth-order valence-electron chi connectivity index (χ4n) is 3.80. The molecule has 3 heterocycles. The van der Waals surface area contributed by atoms with Crippen LogP contribution in [0, 0.1) is 0 Å². The molecule has 1 amide bonds. The van der Waals surface area contributed by atoms with Gasteiger partial charge in [-0.2, -0.15) is 0 Å². The lowest BCUT2D eigenvalue weighted by Gasteiger charge is -2.32. The van der Waals surface area contributed by atoms with E-state index in [1.54, 1.807) is 11.2 Å². The molecule has 1 fully saturated rings. The third-order valence-corrected chi connectivity index (χ3v) is 5.61. The summed E-state index contributed by atoms with van der Waals surface area (Å²) in [6.07, 6.45) is 5.50. The summed E-state index contributed by atoms with van der Waals surface area (Å²) in [6, 6.07) is 4.09. The third kappa shape index (κ3) is 6.51. The predicted molar refractivity (Wildman–Crippen MR) is 122 cm³/mol. The van der Waals surface area contributed by atoms with Crippen LogP contribution in [-0.2, 0) is 30.5 Å². The van der Waals surface area contributed by atoms with Crippen LogP contribution in [0.2, 0.25) is 0 Å². The van der Waals surface area contributed by atoms with Crippen LogP contribution in [-0.4, -0.2) is 54.4 Å². The molecule has 3 rings (SSSR count). The predicted octanol–water partition coefficient (Wildman–Crippen LogP) is 3.29. The van der Waals surface area contributed by atoms with E-state index >= 15 is 0 Å². The zero-order chi connectivity index (χ0) is 22.8. The number of hydrogen-bond acceptors (Lipinski definition) is 6. The van der Waals surface area contributed by atoms with Gasteiger partial charge < -0.3 is 29.2 Å². The maximum atomic E-state index is 12.0. The second-order valence-corrected chi connectivity index (χ2v) is 7.76. The molecular weight excluding hydrogens is 410 g/mol. The van der Waals surface area contributed by atoms with Gasteiger partial charge in [0.1, 0.15) is 11.5 Å². The van der Waals surface area contributed by atoms with Crippen LogP contribution in [0.4, 0.5) is 4.79 Å². The summed E-state index contributed by atoms with van der Waals surface area (Å²) >= 11 is 0. The number of hydrogen-bond donors (Lipinski definition) is 2. The summed E-state index contributed by atoms with van der Waals surface area (Å²) in [7, 11) is 0. The monoisotopic (exact) mass is 445 g/mol. The smallest absolute Gasteiger partial charge is 0.409 e. The van der Waals surface area contributed by atoms with Gasteiger partial charge in [-0.1, -0.05) is 19.0 Å². The molecule has 9 nitrogen and oxygen atoms in total. The Labute approximate surface area is 189 Å². The van der Waals surface area contributed by atoms with E-state index in [9.17, 15) is 4.79 Å². The van der Waals surface area contributed by atoms with Gasteiger partial charge >= 0.3 is 6.09 Å². The van der Waals surface area contributed by atoms with E-state index in [1.165, 1.54) is 0 Å². The molecule has 0 unspecified atom stereocenters. The largest absolute Gasteiger partial charge is 0.469 e. The molecule has 2 aromatic rings. The van der Waals surface area contributed by atoms with Crippen LogP contribution in [0.25, 0.3) is 0 Å². The van der Waals surface area contributed by atoms with Crippen molar-refractivity contribution in [2.24, 2.45) is 4.99 Å². The number of aliphatic imine (C=N–C) groups is 1. The summed E-state index contributed by atoms with van der Waals surface area (Å²) in [5, 5.41) is 11.2. The minimum absolute atomic E-state index is 0.231. The topological polar surface area (TPSA) is 105 Å². The van der Waals surface area contributed by atoms with E-state index in [4.69, 9.17) is 18.7 Å². The number of rotatable bonds is 9. The fourth-order valence-corrected chi connectivity index (χ4v) is 3.80. The van der Waals surface area contributed by atoms with Crippen molar-refractivity contribution in [2.45, 2.75) is 65.5 Å². The van der Waals surface area contributed by atoms with Crippen molar-refractivity contribution in [1.29, 1.82) is 0 Å². The molecule has 1 aliphatic rings. The first kappa shape index (κ1) is 23.7. The van der Waals surface area contributed by atoms with Gasteiger partial charge in [-0.25, -0.2) is 9.79 Å². The number of aromatic nitrogens is 1.